The first-order valence-corrected chi connectivity index (χ1v) is 10.7. The van der Waals surface area contributed by atoms with Crippen LogP contribution in [0.1, 0.15) is 25.7 Å². The van der Waals surface area contributed by atoms with E-state index in [0.717, 1.165) is 37.7 Å². The fourth-order valence-electron chi connectivity index (χ4n) is 4.26. The Labute approximate surface area is 191 Å². The highest BCUT2D eigenvalue weighted by molar-refractivity contribution is 5.94. The molecular weight excluding hydrogens is 452 g/mol. The van der Waals surface area contributed by atoms with Crippen molar-refractivity contribution in [2.24, 2.45) is 0 Å². The second-order valence-electron chi connectivity index (χ2n) is 8.18. The zero-order valence-corrected chi connectivity index (χ0v) is 17.7. The average Bonchev–Trinajstić information content (AvgIpc) is 3.22. The Hall–Kier alpha value is -3.96. The van der Waals surface area contributed by atoms with Crippen LogP contribution in [0.3, 0.4) is 0 Å². The topological polar surface area (TPSA) is 117 Å². The highest BCUT2D eigenvalue weighted by atomic mass is 19.1. The van der Waals surface area contributed by atoms with Crippen molar-refractivity contribution in [2.45, 2.75) is 37.8 Å². The maximum absolute atomic E-state index is 14.5. The number of rotatable bonds is 5. The van der Waals surface area contributed by atoms with Gasteiger partial charge >= 0.3 is 0 Å². The molecule has 0 spiro atoms. The third-order valence-corrected chi connectivity index (χ3v) is 5.81. The molecule has 3 aromatic heterocycles. The van der Waals surface area contributed by atoms with Gasteiger partial charge in [-0.15, -0.1) is 0 Å². The SMILES string of the molecule is Nc1ncc(F)c(N[C@@H]2CCC[C@H](Nc3nc(-c4c[nH]c5c(F)cc(F)cc45)ncc3F)C2)n1. The Balaban J connectivity index is 1.36. The lowest BCUT2D eigenvalue weighted by Crippen LogP contribution is -2.35. The fourth-order valence-corrected chi connectivity index (χ4v) is 4.26. The maximum Gasteiger partial charge on any atom is 0.222 e. The Morgan fingerprint density at radius 1 is 0.882 bits per heavy atom. The highest BCUT2D eigenvalue weighted by Crippen LogP contribution is 2.31. The van der Waals surface area contributed by atoms with E-state index >= 15 is 0 Å². The Morgan fingerprint density at radius 2 is 1.56 bits per heavy atom. The molecule has 5 N–H and O–H groups in total. The van der Waals surface area contributed by atoms with Crippen LogP contribution in [0.15, 0.2) is 30.7 Å². The molecule has 0 saturated heterocycles. The number of nitrogens with zero attached hydrogens (tertiary/aromatic N) is 4. The summed E-state index contributed by atoms with van der Waals surface area (Å²) < 4.78 is 56.3. The van der Waals surface area contributed by atoms with E-state index in [2.05, 4.69) is 35.6 Å². The number of fused-ring (bicyclic) bond motifs is 1. The molecule has 5 rings (SSSR count). The standard InChI is InChI=1S/C22H20F4N8/c23-10-4-13-14(7-28-18(13)15(24)5-10)19-29-8-16(25)20(33-19)31-11-2-1-3-12(6-11)32-21-17(26)9-30-22(27)34-21/h4-5,7-9,11-12,28H,1-3,6H2,(H,29,31,33)(H3,27,30,32,34)/t11-,12+/m0/s1. The van der Waals surface area contributed by atoms with Gasteiger partial charge in [0, 0.05) is 35.3 Å². The lowest BCUT2D eigenvalue weighted by Gasteiger charge is -2.31. The van der Waals surface area contributed by atoms with Crippen LogP contribution < -0.4 is 16.4 Å². The van der Waals surface area contributed by atoms with E-state index in [-0.39, 0.29) is 46.4 Å². The third-order valence-electron chi connectivity index (χ3n) is 5.81. The number of nitrogens with two attached hydrogens (primary N) is 1. The van der Waals surface area contributed by atoms with Crippen molar-refractivity contribution < 1.29 is 17.6 Å². The molecule has 12 heteroatoms. The molecule has 34 heavy (non-hydrogen) atoms. The van der Waals surface area contributed by atoms with E-state index in [9.17, 15) is 17.6 Å². The van der Waals surface area contributed by atoms with Crippen molar-refractivity contribution in [3.8, 4) is 11.4 Å². The molecule has 0 unspecified atom stereocenters. The van der Waals surface area contributed by atoms with Crippen molar-refractivity contribution in [1.29, 1.82) is 0 Å². The van der Waals surface area contributed by atoms with Gasteiger partial charge in [0.1, 0.15) is 11.6 Å². The minimum atomic E-state index is -0.746. The van der Waals surface area contributed by atoms with Crippen molar-refractivity contribution in [2.75, 3.05) is 16.4 Å². The number of hydrogen-bond acceptors (Lipinski definition) is 7. The number of H-pyrrole nitrogens is 1. The largest absolute Gasteiger partial charge is 0.368 e. The second-order valence-corrected chi connectivity index (χ2v) is 8.18. The number of benzene rings is 1. The lowest BCUT2D eigenvalue weighted by atomic mass is 9.91. The molecule has 0 bridgehead atoms. The zero-order chi connectivity index (χ0) is 23.8. The Kier molecular flexibility index (Phi) is 5.64. The summed E-state index contributed by atoms with van der Waals surface area (Å²) in [5.41, 5.74) is 6.00. The molecule has 1 fully saturated rings. The smallest absolute Gasteiger partial charge is 0.222 e. The monoisotopic (exact) mass is 472 g/mol. The average molecular weight is 472 g/mol. The number of nitrogens with one attached hydrogen (secondary N) is 3. The number of hydrogen-bond donors (Lipinski definition) is 4. The van der Waals surface area contributed by atoms with Crippen molar-refractivity contribution in [1.82, 2.24) is 24.9 Å². The first-order valence-electron chi connectivity index (χ1n) is 10.7. The molecule has 0 amide bonds. The zero-order valence-electron chi connectivity index (χ0n) is 17.7. The summed E-state index contributed by atoms with van der Waals surface area (Å²) in [6.45, 7) is 0. The van der Waals surface area contributed by atoms with Crippen molar-refractivity contribution >= 4 is 28.5 Å². The van der Waals surface area contributed by atoms with Crippen LogP contribution in [0.25, 0.3) is 22.3 Å². The Morgan fingerprint density at radius 3 is 2.29 bits per heavy atom. The number of anilines is 3. The van der Waals surface area contributed by atoms with Gasteiger partial charge in [-0.25, -0.2) is 32.5 Å². The van der Waals surface area contributed by atoms with Gasteiger partial charge in [-0.1, -0.05) is 0 Å². The summed E-state index contributed by atoms with van der Waals surface area (Å²) in [5, 5.41) is 6.38. The van der Waals surface area contributed by atoms with E-state index in [1.54, 1.807) is 0 Å². The van der Waals surface area contributed by atoms with Crippen LogP contribution in [-0.2, 0) is 0 Å². The number of nitrogen functional groups attached to an aromatic ring is 1. The van der Waals surface area contributed by atoms with Crippen molar-refractivity contribution in [3.05, 3.63) is 54.0 Å². The summed E-state index contributed by atoms with van der Waals surface area (Å²) in [5.74, 6) is -2.69. The van der Waals surface area contributed by atoms with Gasteiger partial charge in [-0.05, 0) is 31.7 Å². The van der Waals surface area contributed by atoms with Gasteiger partial charge in [-0.2, -0.15) is 4.98 Å². The molecule has 0 radical (unpaired) electrons. The molecule has 176 valence electrons. The quantitative estimate of drug-likeness (QED) is 0.318. The van der Waals surface area contributed by atoms with Gasteiger partial charge < -0.3 is 21.4 Å². The fraction of sp³-hybridized carbons (Fsp3) is 0.273. The first-order chi connectivity index (χ1) is 16.4. The summed E-state index contributed by atoms with van der Waals surface area (Å²) in [7, 11) is 0. The maximum atomic E-state index is 14.5. The van der Waals surface area contributed by atoms with E-state index in [0.29, 0.717) is 12.0 Å². The van der Waals surface area contributed by atoms with Gasteiger partial charge in [0.25, 0.3) is 0 Å². The normalized spacial score (nSPS) is 18.2. The molecule has 0 aliphatic heterocycles. The summed E-state index contributed by atoms with van der Waals surface area (Å²) in [6.07, 6.45) is 6.33. The van der Waals surface area contributed by atoms with Gasteiger partial charge in [-0.3, -0.25) is 0 Å². The van der Waals surface area contributed by atoms with Crippen LogP contribution in [0.2, 0.25) is 0 Å². The number of halogens is 4. The summed E-state index contributed by atoms with van der Waals surface area (Å²) in [6, 6.07) is 1.65. The van der Waals surface area contributed by atoms with E-state index in [1.807, 2.05) is 0 Å². The first kappa shape index (κ1) is 21.9. The molecule has 1 aromatic carbocycles. The van der Waals surface area contributed by atoms with Crippen LogP contribution in [-0.4, -0.2) is 37.0 Å². The molecule has 4 aromatic rings. The van der Waals surface area contributed by atoms with Crippen LogP contribution >= 0.6 is 0 Å². The van der Waals surface area contributed by atoms with Gasteiger partial charge in [0.2, 0.25) is 5.95 Å². The predicted octanol–water partition coefficient (Wildman–Crippen LogP) is 4.39. The number of aromatic nitrogens is 5. The molecule has 1 aliphatic rings. The molecule has 1 aliphatic carbocycles. The minimum absolute atomic E-state index is 0.0208. The van der Waals surface area contributed by atoms with E-state index in [4.69, 9.17) is 5.73 Å². The van der Waals surface area contributed by atoms with Crippen LogP contribution in [0.4, 0.5) is 35.1 Å². The van der Waals surface area contributed by atoms with E-state index in [1.165, 1.54) is 12.3 Å². The Bertz CT molecular complexity index is 1360. The molecule has 2 atom stereocenters. The third kappa shape index (κ3) is 4.30. The van der Waals surface area contributed by atoms with Crippen molar-refractivity contribution in [3.63, 3.8) is 0 Å². The summed E-state index contributed by atoms with van der Waals surface area (Å²) >= 11 is 0. The highest BCUT2D eigenvalue weighted by Gasteiger charge is 2.25. The second kappa shape index (κ2) is 8.76. The molecule has 3 heterocycles. The molecular formula is C22H20F4N8. The van der Waals surface area contributed by atoms with Crippen LogP contribution in [0.5, 0.6) is 0 Å². The van der Waals surface area contributed by atoms with E-state index < -0.39 is 23.3 Å². The molecule has 8 nitrogen and oxygen atoms in total. The van der Waals surface area contributed by atoms with Gasteiger partial charge in [0.15, 0.2) is 29.1 Å². The minimum Gasteiger partial charge on any atom is -0.368 e. The van der Waals surface area contributed by atoms with Gasteiger partial charge in [0.05, 0.1) is 17.9 Å². The predicted molar refractivity (Wildman–Crippen MR) is 119 cm³/mol. The summed E-state index contributed by atoms with van der Waals surface area (Å²) in [4.78, 5) is 18.5. The number of aromatic amines is 1. The lowest BCUT2D eigenvalue weighted by molar-refractivity contribution is 0.423. The van der Waals surface area contributed by atoms with Crippen LogP contribution in [0, 0.1) is 23.3 Å². The molecule has 1 saturated carbocycles.